The van der Waals surface area contributed by atoms with Crippen LogP contribution in [0.15, 0.2) is 30.3 Å². The Balaban J connectivity index is 2.00. The second-order valence-corrected chi connectivity index (χ2v) is 6.94. The summed E-state index contributed by atoms with van der Waals surface area (Å²) >= 11 is 0. The lowest BCUT2D eigenvalue weighted by atomic mass is 9.85. The average Bonchev–Trinajstić information content (AvgIpc) is 2.55. The molecular formula is C19H28N2O2. The molecule has 0 bridgehead atoms. The third-order valence-corrected chi connectivity index (χ3v) is 4.71. The number of hydrogen-bond donors (Lipinski definition) is 2. The molecule has 4 nitrogen and oxygen atoms in total. The number of carbonyl (C=O) groups excluding carboxylic acids is 2. The molecule has 0 saturated heterocycles. The molecule has 1 aliphatic rings. The molecule has 0 radical (unpaired) electrons. The van der Waals surface area contributed by atoms with E-state index in [1.54, 1.807) is 12.1 Å². The van der Waals surface area contributed by atoms with E-state index in [4.69, 9.17) is 0 Å². The van der Waals surface area contributed by atoms with Crippen LogP contribution in [0.3, 0.4) is 0 Å². The first-order valence-electron chi connectivity index (χ1n) is 8.65. The van der Waals surface area contributed by atoms with Crippen molar-refractivity contribution in [3.05, 3.63) is 35.9 Å². The van der Waals surface area contributed by atoms with Gasteiger partial charge in [0.1, 0.15) is 6.04 Å². The van der Waals surface area contributed by atoms with Crippen LogP contribution in [0.4, 0.5) is 0 Å². The average molecular weight is 316 g/mol. The maximum absolute atomic E-state index is 12.6. The standard InChI is InChI=1S/C19H28N2O2/c1-13(2)17(21-18(22)15-10-5-4-6-11-15)19(23)20-16-12-8-7-9-14(16)3/h4-6,10-11,13-14,16-17H,7-9,12H2,1-3H3,(H,20,23)(H,21,22). The van der Waals surface area contributed by atoms with Crippen LogP contribution in [-0.4, -0.2) is 23.9 Å². The zero-order valence-electron chi connectivity index (χ0n) is 14.3. The van der Waals surface area contributed by atoms with E-state index in [1.807, 2.05) is 32.0 Å². The van der Waals surface area contributed by atoms with Crippen molar-refractivity contribution in [1.82, 2.24) is 10.6 Å². The lowest BCUT2D eigenvalue weighted by Crippen LogP contribution is -2.53. The molecule has 1 saturated carbocycles. The van der Waals surface area contributed by atoms with Crippen LogP contribution in [-0.2, 0) is 4.79 Å². The Kier molecular flexibility index (Phi) is 6.20. The van der Waals surface area contributed by atoms with Gasteiger partial charge in [-0.25, -0.2) is 0 Å². The van der Waals surface area contributed by atoms with Crippen LogP contribution in [0.5, 0.6) is 0 Å². The second-order valence-electron chi connectivity index (χ2n) is 6.94. The lowest BCUT2D eigenvalue weighted by molar-refractivity contribution is -0.125. The van der Waals surface area contributed by atoms with Gasteiger partial charge in [-0.15, -0.1) is 0 Å². The summed E-state index contributed by atoms with van der Waals surface area (Å²) in [4.78, 5) is 25.0. The summed E-state index contributed by atoms with van der Waals surface area (Å²) in [5.41, 5.74) is 0.581. The summed E-state index contributed by atoms with van der Waals surface area (Å²) in [6.07, 6.45) is 4.60. The van der Waals surface area contributed by atoms with Gasteiger partial charge in [0.05, 0.1) is 0 Å². The van der Waals surface area contributed by atoms with E-state index in [2.05, 4.69) is 17.6 Å². The summed E-state index contributed by atoms with van der Waals surface area (Å²) in [7, 11) is 0. The van der Waals surface area contributed by atoms with Crippen molar-refractivity contribution in [3.63, 3.8) is 0 Å². The normalized spacial score (nSPS) is 22.4. The van der Waals surface area contributed by atoms with Crippen molar-refractivity contribution in [2.45, 2.75) is 58.5 Å². The summed E-state index contributed by atoms with van der Waals surface area (Å²) in [6, 6.07) is 8.75. The minimum Gasteiger partial charge on any atom is -0.351 e. The summed E-state index contributed by atoms with van der Waals surface area (Å²) in [5.74, 6) is 0.283. The first-order valence-corrected chi connectivity index (χ1v) is 8.65. The van der Waals surface area contributed by atoms with E-state index in [1.165, 1.54) is 6.42 Å². The molecule has 4 heteroatoms. The van der Waals surface area contributed by atoms with E-state index in [-0.39, 0.29) is 23.8 Å². The molecule has 23 heavy (non-hydrogen) atoms. The van der Waals surface area contributed by atoms with E-state index in [0.717, 1.165) is 19.3 Å². The summed E-state index contributed by atoms with van der Waals surface area (Å²) in [5, 5.41) is 6.04. The molecule has 2 amide bonds. The van der Waals surface area contributed by atoms with Crippen LogP contribution in [0.25, 0.3) is 0 Å². The predicted octanol–water partition coefficient (Wildman–Crippen LogP) is 3.14. The molecule has 3 unspecified atom stereocenters. The third-order valence-electron chi connectivity index (χ3n) is 4.71. The number of carbonyl (C=O) groups is 2. The summed E-state index contributed by atoms with van der Waals surface area (Å²) < 4.78 is 0. The lowest BCUT2D eigenvalue weighted by Gasteiger charge is -2.32. The van der Waals surface area contributed by atoms with Gasteiger partial charge in [-0.05, 0) is 36.8 Å². The van der Waals surface area contributed by atoms with E-state index < -0.39 is 6.04 Å². The number of benzene rings is 1. The van der Waals surface area contributed by atoms with Gasteiger partial charge in [-0.3, -0.25) is 9.59 Å². The van der Waals surface area contributed by atoms with Crippen molar-refractivity contribution < 1.29 is 9.59 Å². The smallest absolute Gasteiger partial charge is 0.251 e. The fourth-order valence-corrected chi connectivity index (χ4v) is 3.15. The van der Waals surface area contributed by atoms with Gasteiger partial charge in [0.15, 0.2) is 0 Å². The zero-order chi connectivity index (χ0) is 16.8. The molecule has 3 atom stereocenters. The Labute approximate surface area is 139 Å². The van der Waals surface area contributed by atoms with Gasteiger partial charge in [0.2, 0.25) is 5.91 Å². The highest BCUT2D eigenvalue weighted by Gasteiger charge is 2.29. The molecule has 1 aromatic carbocycles. The van der Waals surface area contributed by atoms with Gasteiger partial charge >= 0.3 is 0 Å². The molecule has 1 aliphatic carbocycles. The van der Waals surface area contributed by atoms with Crippen molar-refractivity contribution in [2.24, 2.45) is 11.8 Å². The molecule has 2 N–H and O–H groups in total. The quantitative estimate of drug-likeness (QED) is 0.877. The molecular weight excluding hydrogens is 288 g/mol. The minimum atomic E-state index is -0.503. The molecule has 1 fully saturated rings. The van der Waals surface area contributed by atoms with Gasteiger partial charge in [-0.2, -0.15) is 0 Å². The maximum Gasteiger partial charge on any atom is 0.251 e. The van der Waals surface area contributed by atoms with Gasteiger partial charge in [0, 0.05) is 11.6 Å². The number of nitrogens with one attached hydrogen (secondary N) is 2. The van der Waals surface area contributed by atoms with Gasteiger partial charge < -0.3 is 10.6 Å². The SMILES string of the molecule is CC(C)C(NC(=O)c1ccccc1)C(=O)NC1CCCCC1C. The number of rotatable bonds is 5. The molecule has 2 rings (SSSR count). The Hall–Kier alpha value is -1.84. The molecule has 0 aliphatic heterocycles. The topological polar surface area (TPSA) is 58.2 Å². The van der Waals surface area contributed by atoms with E-state index in [0.29, 0.717) is 11.5 Å². The minimum absolute atomic E-state index is 0.0431. The number of hydrogen-bond acceptors (Lipinski definition) is 2. The number of amides is 2. The molecule has 0 aromatic heterocycles. The Morgan fingerprint density at radius 2 is 1.74 bits per heavy atom. The first kappa shape index (κ1) is 17.5. The first-order chi connectivity index (χ1) is 11.0. The highest BCUT2D eigenvalue weighted by atomic mass is 16.2. The zero-order valence-corrected chi connectivity index (χ0v) is 14.3. The Morgan fingerprint density at radius 3 is 2.35 bits per heavy atom. The van der Waals surface area contributed by atoms with Crippen molar-refractivity contribution in [2.75, 3.05) is 0 Å². The van der Waals surface area contributed by atoms with Crippen molar-refractivity contribution in [1.29, 1.82) is 0 Å². The fraction of sp³-hybridized carbons (Fsp3) is 0.579. The van der Waals surface area contributed by atoms with Crippen LogP contribution < -0.4 is 10.6 Å². The molecule has 1 aromatic rings. The van der Waals surface area contributed by atoms with Crippen LogP contribution in [0.2, 0.25) is 0 Å². The highest BCUT2D eigenvalue weighted by molar-refractivity contribution is 5.97. The Bertz CT molecular complexity index is 527. The van der Waals surface area contributed by atoms with Crippen molar-refractivity contribution >= 4 is 11.8 Å². The van der Waals surface area contributed by atoms with Crippen molar-refractivity contribution in [3.8, 4) is 0 Å². The second kappa shape index (κ2) is 8.14. The summed E-state index contributed by atoms with van der Waals surface area (Å²) in [6.45, 7) is 6.11. The molecule has 0 spiro atoms. The Morgan fingerprint density at radius 1 is 1.09 bits per heavy atom. The van der Waals surface area contributed by atoms with E-state index >= 15 is 0 Å². The predicted molar refractivity (Wildman–Crippen MR) is 92.1 cm³/mol. The van der Waals surface area contributed by atoms with E-state index in [9.17, 15) is 9.59 Å². The van der Waals surface area contributed by atoms with Gasteiger partial charge in [-0.1, -0.05) is 51.8 Å². The molecule has 0 heterocycles. The van der Waals surface area contributed by atoms with Crippen LogP contribution >= 0.6 is 0 Å². The largest absolute Gasteiger partial charge is 0.351 e. The molecule has 126 valence electrons. The highest BCUT2D eigenvalue weighted by Crippen LogP contribution is 2.24. The third kappa shape index (κ3) is 4.81. The fourth-order valence-electron chi connectivity index (χ4n) is 3.15. The van der Waals surface area contributed by atoms with Crippen LogP contribution in [0, 0.1) is 11.8 Å². The maximum atomic E-state index is 12.6. The van der Waals surface area contributed by atoms with Crippen LogP contribution in [0.1, 0.15) is 56.8 Å². The van der Waals surface area contributed by atoms with Gasteiger partial charge in [0.25, 0.3) is 5.91 Å². The monoisotopic (exact) mass is 316 g/mol.